The summed E-state index contributed by atoms with van der Waals surface area (Å²) in [5.74, 6) is 2.03. The molecule has 2 N–H and O–H groups in total. The van der Waals surface area contributed by atoms with E-state index in [1.807, 2.05) is 12.1 Å². The number of ether oxygens (including phenoxy) is 2. The molecule has 2 rings (SSSR count). The van der Waals surface area contributed by atoms with E-state index >= 15 is 0 Å². The van der Waals surface area contributed by atoms with Crippen molar-refractivity contribution in [3.63, 3.8) is 0 Å². The number of rotatable bonds is 4. The first kappa shape index (κ1) is 11.5. The van der Waals surface area contributed by atoms with Crippen LogP contribution in [0.2, 0.25) is 0 Å². The highest BCUT2D eigenvalue weighted by Crippen LogP contribution is 2.34. The van der Waals surface area contributed by atoms with Gasteiger partial charge in [-0.2, -0.15) is 0 Å². The molecule has 5 heteroatoms. The molecule has 2 aromatic rings. The zero-order valence-corrected chi connectivity index (χ0v) is 9.77. The number of methoxy groups -OCH3 is 2. The summed E-state index contributed by atoms with van der Waals surface area (Å²) in [6.07, 6.45) is 1.38. The van der Waals surface area contributed by atoms with E-state index in [-0.39, 0.29) is 0 Å². The standard InChI is InChI=1S/C12H14N2O3/c1-15-8-3-4-9(10(5-8)16-2)12-11(6-13)17-7-14-12/h3-5,7H,6,13H2,1-2H3. The Hall–Kier alpha value is -2.01. The fraction of sp³-hybridized carbons (Fsp3) is 0.250. The fourth-order valence-corrected chi connectivity index (χ4v) is 1.63. The lowest BCUT2D eigenvalue weighted by atomic mass is 10.1. The molecular weight excluding hydrogens is 220 g/mol. The van der Waals surface area contributed by atoms with Gasteiger partial charge in [0.2, 0.25) is 0 Å². The molecule has 0 aliphatic rings. The van der Waals surface area contributed by atoms with E-state index in [4.69, 9.17) is 19.6 Å². The first-order valence-corrected chi connectivity index (χ1v) is 5.15. The number of nitrogens with two attached hydrogens (primary N) is 1. The maximum Gasteiger partial charge on any atom is 0.181 e. The van der Waals surface area contributed by atoms with E-state index in [0.29, 0.717) is 23.7 Å². The Morgan fingerprint density at radius 3 is 2.76 bits per heavy atom. The number of oxazole rings is 1. The second-order valence-electron chi connectivity index (χ2n) is 3.39. The van der Waals surface area contributed by atoms with Crippen LogP contribution >= 0.6 is 0 Å². The zero-order valence-electron chi connectivity index (χ0n) is 9.77. The second-order valence-corrected chi connectivity index (χ2v) is 3.39. The van der Waals surface area contributed by atoms with Gasteiger partial charge < -0.3 is 19.6 Å². The number of hydrogen-bond acceptors (Lipinski definition) is 5. The molecule has 1 heterocycles. The van der Waals surface area contributed by atoms with Gasteiger partial charge in [-0.1, -0.05) is 0 Å². The lowest BCUT2D eigenvalue weighted by Crippen LogP contribution is -1.98. The third-order valence-electron chi connectivity index (χ3n) is 2.49. The number of hydrogen-bond donors (Lipinski definition) is 1. The van der Waals surface area contributed by atoms with Gasteiger partial charge in [-0.15, -0.1) is 0 Å². The van der Waals surface area contributed by atoms with Crippen molar-refractivity contribution in [2.24, 2.45) is 5.73 Å². The summed E-state index contributed by atoms with van der Waals surface area (Å²) in [6.45, 7) is 0.296. The number of benzene rings is 1. The maximum atomic E-state index is 5.58. The lowest BCUT2D eigenvalue weighted by Gasteiger charge is -2.09. The van der Waals surface area contributed by atoms with Crippen molar-refractivity contribution >= 4 is 0 Å². The van der Waals surface area contributed by atoms with Gasteiger partial charge in [-0.25, -0.2) is 4.98 Å². The van der Waals surface area contributed by atoms with Gasteiger partial charge in [0, 0.05) is 11.6 Å². The summed E-state index contributed by atoms with van der Waals surface area (Å²) >= 11 is 0. The van der Waals surface area contributed by atoms with Crippen LogP contribution in [0.25, 0.3) is 11.3 Å². The van der Waals surface area contributed by atoms with Crippen LogP contribution in [-0.4, -0.2) is 19.2 Å². The summed E-state index contributed by atoms with van der Waals surface area (Å²) in [6, 6.07) is 5.51. The fourth-order valence-electron chi connectivity index (χ4n) is 1.63. The smallest absolute Gasteiger partial charge is 0.181 e. The van der Waals surface area contributed by atoms with E-state index in [9.17, 15) is 0 Å². The molecule has 1 aromatic carbocycles. The van der Waals surface area contributed by atoms with Gasteiger partial charge in [0.15, 0.2) is 6.39 Å². The molecule has 0 saturated heterocycles. The summed E-state index contributed by atoms with van der Waals surface area (Å²) in [7, 11) is 3.20. The lowest BCUT2D eigenvalue weighted by molar-refractivity contribution is 0.395. The van der Waals surface area contributed by atoms with Crippen molar-refractivity contribution in [2.75, 3.05) is 14.2 Å². The average Bonchev–Trinajstić information content (AvgIpc) is 2.85. The molecule has 0 radical (unpaired) electrons. The van der Waals surface area contributed by atoms with Crippen molar-refractivity contribution in [3.8, 4) is 22.8 Å². The van der Waals surface area contributed by atoms with Crippen LogP contribution in [0.3, 0.4) is 0 Å². The monoisotopic (exact) mass is 234 g/mol. The largest absolute Gasteiger partial charge is 0.497 e. The molecule has 0 bridgehead atoms. The third-order valence-corrected chi connectivity index (χ3v) is 2.49. The van der Waals surface area contributed by atoms with E-state index in [2.05, 4.69) is 4.98 Å². The van der Waals surface area contributed by atoms with E-state index in [0.717, 1.165) is 11.3 Å². The van der Waals surface area contributed by atoms with Crippen LogP contribution < -0.4 is 15.2 Å². The third kappa shape index (κ3) is 2.09. The minimum absolute atomic E-state index is 0.296. The first-order chi connectivity index (χ1) is 8.30. The molecule has 0 spiro atoms. The van der Waals surface area contributed by atoms with Crippen LogP contribution in [0.5, 0.6) is 11.5 Å². The number of nitrogens with zero attached hydrogens (tertiary/aromatic N) is 1. The SMILES string of the molecule is COc1ccc(-c2ncoc2CN)c(OC)c1. The van der Waals surface area contributed by atoms with Gasteiger partial charge >= 0.3 is 0 Å². The van der Waals surface area contributed by atoms with Gasteiger partial charge in [0.05, 0.1) is 20.8 Å². The van der Waals surface area contributed by atoms with E-state index < -0.39 is 0 Å². The van der Waals surface area contributed by atoms with Crippen molar-refractivity contribution in [1.82, 2.24) is 4.98 Å². The van der Waals surface area contributed by atoms with Crippen LogP contribution in [-0.2, 0) is 6.54 Å². The van der Waals surface area contributed by atoms with E-state index in [1.54, 1.807) is 20.3 Å². The van der Waals surface area contributed by atoms with Crippen molar-refractivity contribution < 1.29 is 13.9 Å². The first-order valence-electron chi connectivity index (χ1n) is 5.15. The zero-order chi connectivity index (χ0) is 12.3. The highest BCUT2D eigenvalue weighted by molar-refractivity contribution is 5.69. The van der Waals surface area contributed by atoms with Crippen LogP contribution in [0.15, 0.2) is 29.0 Å². The van der Waals surface area contributed by atoms with Crippen LogP contribution in [0, 0.1) is 0 Å². The Kier molecular flexibility index (Phi) is 3.30. The Bertz CT molecular complexity index is 508. The Morgan fingerprint density at radius 1 is 1.29 bits per heavy atom. The van der Waals surface area contributed by atoms with Crippen molar-refractivity contribution in [2.45, 2.75) is 6.54 Å². The summed E-state index contributed by atoms with van der Waals surface area (Å²) in [4.78, 5) is 4.15. The predicted molar refractivity (Wildman–Crippen MR) is 62.9 cm³/mol. The molecule has 1 aromatic heterocycles. The molecule has 0 aliphatic heterocycles. The summed E-state index contributed by atoms with van der Waals surface area (Å²) in [5, 5.41) is 0. The molecule has 5 nitrogen and oxygen atoms in total. The highest BCUT2D eigenvalue weighted by atomic mass is 16.5. The highest BCUT2D eigenvalue weighted by Gasteiger charge is 2.14. The average molecular weight is 234 g/mol. The minimum atomic E-state index is 0.296. The Balaban J connectivity index is 2.51. The minimum Gasteiger partial charge on any atom is -0.497 e. The molecule has 0 fully saturated rings. The topological polar surface area (TPSA) is 70.5 Å². The van der Waals surface area contributed by atoms with Gasteiger partial charge in [0.25, 0.3) is 0 Å². The van der Waals surface area contributed by atoms with E-state index in [1.165, 1.54) is 6.39 Å². The molecular formula is C12H14N2O3. The van der Waals surface area contributed by atoms with Crippen molar-refractivity contribution in [1.29, 1.82) is 0 Å². The summed E-state index contributed by atoms with van der Waals surface area (Å²) < 4.78 is 15.6. The van der Waals surface area contributed by atoms with Crippen LogP contribution in [0.1, 0.15) is 5.76 Å². The van der Waals surface area contributed by atoms with Gasteiger partial charge in [-0.3, -0.25) is 0 Å². The molecule has 0 atom stereocenters. The van der Waals surface area contributed by atoms with Crippen LogP contribution in [0.4, 0.5) is 0 Å². The quantitative estimate of drug-likeness (QED) is 0.873. The number of aromatic nitrogens is 1. The maximum absolute atomic E-state index is 5.58. The molecule has 17 heavy (non-hydrogen) atoms. The summed E-state index contributed by atoms with van der Waals surface area (Å²) in [5.41, 5.74) is 7.12. The normalized spacial score (nSPS) is 10.3. The molecule has 0 unspecified atom stereocenters. The van der Waals surface area contributed by atoms with Gasteiger partial charge in [0.1, 0.15) is 23.0 Å². The molecule has 0 saturated carbocycles. The molecule has 90 valence electrons. The molecule has 0 aliphatic carbocycles. The Morgan fingerprint density at radius 2 is 2.12 bits per heavy atom. The predicted octanol–water partition coefficient (Wildman–Crippen LogP) is 1.82. The molecule has 0 amide bonds. The van der Waals surface area contributed by atoms with Gasteiger partial charge in [-0.05, 0) is 12.1 Å². The van der Waals surface area contributed by atoms with Crippen molar-refractivity contribution in [3.05, 3.63) is 30.4 Å². The Labute approximate surface area is 99.2 Å². The second kappa shape index (κ2) is 4.88.